The van der Waals surface area contributed by atoms with Gasteiger partial charge in [0.05, 0.1) is 11.5 Å². The number of thioether (sulfide) groups is 1. The summed E-state index contributed by atoms with van der Waals surface area (Å²) in [5, 5.41) is 13.0. The van der Waals surface area contributed by atoms with Gasteiger partial charge in [0.1, 0.15) is 5.82 Å². The van der Waals surface area contributed by atoms with Crippen LogP contribution in [0.5, 0.6) is 0 Å². The molecule has 1 N–H and O–H groups in total. The molecule has 0 bridgehead atoms. The van der Waals surface area contributed by atoms with Crippen LogP contribution in [0.25, 0.3) is 0 Å². The zero-order valence-electron chi connectivity index (χ0n) is 13.4. The van der Waals surface area contributed by atoms with Crippen LogP contribution in [0.2, 0.25) is 0 Å². The standard InChI is InChI=1S/C14H24N4O2S2.ClH/c1-18-13(12-2-6-15-7-3-12)16-17-14(18)21-8-4-11-5-9-22(19,20)10-11;/h11-12,15H,2-10H2,1H3;1H. The maximum Gasteiger partial charge on any atom is 0.190 e. The lowest BCUT2D eigenvalue weighted by atomic mass is 9.97. The van der Waals surface area contributed by atoms with Crippen molar-refractivity contribution in [3.05, 3.63) is 5.82 Å². The zero-order chi connectivity index (χ0) is 15.6. The highest BCUT2D eigenvalue weighted by Gasteiger charge is 2.27. The number of sulfone groups is 1. The summed E-state index contributed by atoms with van der Waals surface area (Å²) >= 11 is 1.70. The van der Waals surface area contributed by atoms with E-state index in [-0.39, 0.29) is 12.4 Å². The molecule has 2 aliphatic heterocycles. The van der Waals surface area contributed by atoms with Crippen molar-refractivity contribution in [2.75, 3.05) is 30.3 Å². The third-order valence-corrected chi connectivity index (χ3v) is 7.55. The Balaban J connectivity index is 0.00000192. The normalized spacial score (nSPS) is 24.5. The molecular weight excluding hydrogens is 356 g/mol. The minimum atomic E-state index is -2.76. The van der Waals surface area contributed by atoms with Crippen molar-refractivity contribution >= 4 is 34.0 Å². The van der Waals surface area contributed by atoms with Crippen molar-refractivity contribution in [3.8, 4) is 0 Å². The lowest BCUT2D eigenvalue weighted by Gasteiger charge is -2.21. The van der Waals surface area contributed by atoms with Gasteiger partial charge in [0.25, 0.3) is 0 Å². The zero-order valence-corrected chi connectivity index (χ0v) is 15.9. The van der Waals surface area contributed by atoms with Gasteiger partial charge in [-0.3, -0.25) is 0 Å². The number of halogens is 1. The lowest BCUT2D eigenvalue weighted by molar-refractivity contribution is 0.434. The summed E-state index contributed by atoms with van der Waals surface area (Å²) in [4.78, 5) is 0. The fraction of sp³-hybridized carbons (Fsp3) is 0.857. The highest BCUT2D eigenvalue weighted by Crippen LogP contribution is 2.28. The van der Waals surface area contributed by atoms with Crippen LogP contribution < -0.4 is 5.32 Å². The van der Waals surface area contributed by atoms with Crippen LogP contribution in [-0.4, -0.2) is 53.5 Å². The van der Waals surface area contributed by atoms with Crippen LogP contribution in [0.1, 0.15) is 37.4 Å². The molecule has 3 rings (SSSR count). The predicted molar refractivity (Wildman–Crippen MR) is 95.2 cm³/mol. The van der Waals surface area contributed by atoms with E-state index in [1.807, 2.05) is 7.05 Å². The van der Waals surface area contributed by atoms with Crippen molar-refractivity contribution in [3.63, 3.8) is 0 Å². The van der Waals surface area contributed by atoms with Crippen LogP contribution in [0, 0.1) is 5.92 Å². The summed E-state index contributed by atoms with van der Waals surface area (Å²) in [7, 11) is -0.716. The molecule has 23 heavy (non-hydrogen) atoms. The van der Waals surface area contributed by atoms with Crippen molar-refractivity contribution in [2.24, 2.45) is 13.0 Å². The van der Waals surface area contributed by atoms with E-state index in [4.69, 9.17) is 0 Å². The first-order chi connectivity index (χ1) is 10.6. The molecule has 0 amide bonds. The first-order valence-corrected chi connectivity index (χ1v) is 10.8. The molecule has 2 saturated heterocycles. The maximum atomic E-state index is 11.5. The molecule has 2 aliphatic rings. The average molecular weight is 381 g/mol. The first kappa shape index (κ1) is 19.0. The number of piperidine rings is 1. The maximum absolute atomic E-state index is 11.5. The van der Waals surface area contributed by atoms with Crippen LogP contribution in [0.15, 0.2) is 5.16 Å². The molecule has 1 aromatic rings. The van der Waals surface area contributed by atoms with Gasteiger partial charge in [-0.15, -0.1) is 22.6 Å². The molecule has 2 fully saturated rings. The molecule has 0 radical (unpaired) electrons. The molecule has 0 spiro atoms. The molecule has 0 aliphatic carbocycles. The summed E-state index contributed by atoms with van der Waals surface area (Å²) in [5.74, 6) is 3.58. The van der Waals surface area contributed by atoms with Gasteiger partial charge in [0, 0.05) is 18.7 Å². The fourth-order valence-electron chi connectivity index (χ4n) is 3.30. The second kappa shape index (κ2) is 8.18. The Morgan fingerprint density at radius 2 is 2.00 bits per heavy atom. The Hall–Kier alpha value is -0.310. The van der Waals surface area contributed by atoms with Crippen molar-refractivity contribution in [2.45, 2.75) is 36.8 Å². The van der Waals surface area contributed by atoms with Gasteiger partial charge in [-0.25, -0.2) is 8.42 Å². The monoisotopic (exact) mass is 380 g/mol. The Kier molecular flexibility index (Phi) is 6.77. The molecule has 1 unspecified atom stereocenters. The summed E-state index contributed by atoms with van der Waals surface area (Å²) in [5.41, 5.74) is 0. The molecule has 3 heterocycles. The molecule has 1 aromatic heterocycles. The predicted octanol–water partition coefficient (Wildman–Crippen LogP) is 1.62. The van der Waals surface area contributed by atoms with Crippen LogP contribution in [0.4, 0.5) is 0 Å². The number of nitrogens with one attached hydrogen (secondary N) is 1. The molecule has 9 heteroatoms. The highest BCUT2D eigenvalue weighted by atomic mass is 35.5. The third-order valence-electron chi connectivity index (χ3n) is 4.66. The Morgan fingerprint density at radius 1 is 1.26 bits per heavy atom. The molecule has 132 valence electrons. The lowest BCUT2D eigenvalue weighted by Crippen LogP contribution is -2.27. The van der Waals surface area contributed by atoms with E-state index in [1.165, 1.54) is 0 Å². The molecule has 0 aromatic carbocycles. The number of rotatable bonds is 5. The average Bonchev–Trinajstić information content (AvgIpc) is 3.03. The molecule has 0 saturated carbocycles. The van der Waals surface area contributed by atoms with E-state index in [0.29, 0.717) is 23.3 Å². The van der Waals surface area contributed by atoms with Gasteiger partial charge < -0.3 is 9.88 Å². The SMILES string of the molecule is Cl.Cn1c(SCCC2CCS(=O)(=O)C2)nnc1C1CCNCC1. The van der Waals surface area contributed by atoms with Crippen molar-refractivity contribution in [1.82, 2.24) is 20.1 Å². The summed E-state index contributed by atoms with van der Waals surface area (Å²) in [6.07, 6.45) is 4.01. The summed E-state index contributed by atoms with van der Waals surface area (Å²) < 4.78 is 25.1. The smallest absolute Gasteiger partial charge is 0.190 e. The summed E-state index contributed by atoms with van der Waals surface area (Å²) in [6, 6.07) is 0. The van der Waals surface area contributed by atoms with Crippen LogP contribution in [0.3, 0.4) is 0 Å². The van der Waals surface area contributed by atoms with E-state index in [9.17, 15) is 8.42 Å². The number of hydrogen-bond donors (Lipinski definition) is 1. The number of nitrogens with zero attached hydrogens (tertiary/aromatic N) is 3. The van der Waals surface area contributed by atoms with Gasteiger partial charge in [-0.2, -0.15) is 0 Å². The van der Waals surface area contributed by atoms with E-state index in [1.54, 1.807) is 11.8 Å². The molecule has 1 atom stereocenters. The van der Waals surface area contributed by atoms with E-state index >= 15 is 0 Å². The second-order valence-electron chi connectivity index (χ2n) is 6.33. The Bertz CT molecular complexity index is 614. The van der Waals surface area contributed by atoms with E-state index in [0.717, 1.165) is 55.5 Å². The van der Waals surface area contributed by atoms with Gasteiger partial charge in [-0.05, 0) is 44.7 Å². The quantitative estimate of drug-likeness (QED) is 0.782. The van der Waals surface area contributed by atoms with Crippen molar-refractivity contribution in [1.29, 1.82) is 0 Å². The Labute approximate surface area is 148 Å². The van der Waals surface area contributed by atoms with E-state index in [2.05, 4.69) is 20.1 Å². The second-order valence-corrected chi connectivity index (χ2v) is 9.62. The van der Waals surface area contributed by atoms with Crippen molar-refractivity contribution < 1.29 is 8.42 Å². The number of aromatic nitrogens is 3. The van der Waals surface area contributed by atoms with Crippen LogP contribution >= 0.6 is 24.2 Å². The van der Waals surface area contributed by atoms with Gasteiger partial charge in [0.2, 0.25) is 0 Å². The third kappa shape index (κ3) is 4.84. The first-order valence-electron chi connectivity index (χ1n) is 7.98. The van der Waals surface area contributed by atoms with Gasteiger partial charge >= 0.3 is 0 Å². The largest absolute Gasteiger partial charge is 0.317 e. The fourth-order valence-corrected chi connectivity index (χ4v) is 6.23. The number of hydrogen-bond acceptors (Lipinski definition) is 6. The summed E-state index contributed by atoms with van der Waals surface area (Å²) in [6.45, 7) is 2.10. The minimum absolute atomic E-state index is 0. The topological polar surface area (TPSA) is 76.9 Å². The highest BCUT2D eigenvalue weighted by molar-refractivity contribution is 7.99. The van der Waals surface area contributed by atoms with Gasteiger partial charge in [-0.1, -0.05) is 11.8 Å². The molecular formula is C14H25ClN4O2S2. The van der Waals surface area contributed by atoms with Crippen LogP contribution in [-0.2, 0) is 16.9 Å². The molecule has 6 nitrogen and oxygen atoms in total. The Morgan fingerprint density at radius 3 is 2.65 bits per heavy atom. The van der Waals surface area contributed by atoms with Gasteiger partial charge in [0.15, 0.2) is 15.0 Å². The minimum Gasteiger partial charge on any atom is -0.317 e. The van der Waals surface area contributed by atoms with E-state index < -0.39 is 9.84 Å².